The second-order valence-corrected chi connectivity index (χ2v) is 9.60. The van der Waals surface area contributed by atoms with Crippen molar-refractivity contribution in [3.63, 3.8) is 0 Å². The van der Waals surface area contributed by atoms with E-state index in [0.717, 1.165) is 29.4 Å². The van der Waals surface area contributed by atoms with Gasteiger partial charge in [-0.25, -0.2) is 8.78 Å². The molecule has 206 valence electrons. The topological polar surface area (TPSA) is 18.5 Å². The van der Waals surface area contributed by atoms with Gasteiger partial charge >= 0.3 is 6.18 Å². The Kier molecular flexibility index (Phi) is 9.44. The average Bonchev–Trinajstić information content (AvgIpc) is 2.91. The number of aryl methyl sites for hydroxylation is 4. The standard InChI is InChI=1S/C32H31F5O2/c1-2-3-18-38-28-16-13-24(30(33)20-28)9-5-23-8-17-29-26(19-23)12-11-25(31(29)34)10-4-22-6-14-27(15-7-22)39-21-32(35,36)37/h6-8,11-17,19-20H,2-5,9-10,18,21H2,1H3. The van der Waals surface area contributed by atoms with Crippen molar-refractivity contribution in [3.8, 4) is 11.5 Å². The number of hydrogen-bond acceptors (Lipinski definition) is 2. The lowest BCUT2D eigenvalue weighted by atomic mass is 9.97. The Morgan fingerprint density at radius 3 is 2.05 bits per heavy atom. The van der Waals surface area contributed by atoms with Crippen LogP contribution >= 0.6 is 0 Å². The van der Waals surface area contributed by atoms with Crippen LogP contribution in [0, 0.1) is 11.6 Å². The molecule has 0 aliphatic rings. The third-order valence-corrected chi connectivity index (χ3v) is 6.58. The average molecular weight is 543 g/mol. The summed E-state index contributed by atoms with van der Waals surface area (Å²) in [6, 6.07) is 20.5. The van der Waals surface area contributed by atoms with E-state index in [1.54, 1.807) is 36.4 Å². The Labute approximate surface area is 225 Å². The van der Waals surface area contributed by atoms with Gasteiger partial charge in [-0.05, 0) is 77.9 Å². The van der Waals surface area contributed by atoms with Crippen molar-refractivity contribution in [2.24, 2.45) is 0 Å². The minimum Gasteiger partial charge on any atom is -0.493 e. The van der Waals surface area contributed by atoms with E-state index >= 15 is 4.39 Å². The number of unbranched alkanes of at least 4 members (excludes halogenated alkanes) is 1. The zero-order chi connectivity index (χ0) is 27.8. The SMILES string of the molecule is CCCCOc1ccc(CCc2ccc3c(F)c(CCc4ccc(OCC(F)(F)F)cc4)ccc3c2)c(F)c1. The zero-order valence-electron chi connectivity index (χ0n) is 21.8. The monoisotopic (exact) mass is 542 g/mol. The summed E-state index contributed by atoms with van der Waals surface area (Å²) >= 11 is 0. The molecule has 4 aromatic rings. The first-order chi connectivity index (χ1) is 18.7. The Morgan fingerprint density at radius 2 is 1.33 bits per heavy atom. The molecule has 0 amide bonds. The summed E-state index contributed by atoms with van der Waals surface area (Å²) in [4.78, 5) is 0. The Balaban J connectivity index is 1.35. The molecule has 39 heavy (non-hydrogen) atoms. The maximum absolute atomic E-state index is 15.2. The van der Waals surface area contributed by atoms with Crippen molar-refractivity contribution in [3.05, 3.63) is 107 Å². The van der Waals surface area contributed by atoms with Crippen LogP contribution in [-0.2, 0) is 25.7 Å². The zero-order valence-corrected chi connectivity index (χ0v) is 21.8. The summed E-state index contributed by atoms with van der Waals surface area (Å²) in [5.74, 6) is 0.103. The van der Waals surface area contributed by atoms with Crippen LogP contribution in [0.5, 0.6) is 11.5 Å². The molecule has 0 spiro atoms. The van der Waals surface area contributed by atoms with E-state index in [9.17, 15) is 17.6 Å². The molecule has 4 rings (SSSR count). The predicted molar refractivity (Wildman–Crippen MR) is 144 cm³/mol. The molecular weight excluding hydrogens is 511 g/mol. The number of ether oxygens (including phenoxy) is 2. The van der Waals surface area contributed by atoms with Crippen molar-refractivity contribution in [1.29, 1.82) is 0 Å². The van der Waals surface area contributed by atoms with Crippen LogP contribution in [0.3, 0.4) is 0 Å². The number of halogens is 5. The molecule has 0 fully saturated rings. The highest BCUT2D eigenvalue weighted by molar-refractivity contribution is 5.84. The Bertz CT molecular complexity index is 1380. The van der Waals surface area contributed by atoms with Crippen LogP contribution in [-0.4, -0.2) is 19.4 Å². The molecule has 0 saturated carbocycles. The molecule has 0 unspecified atom stereocenters. The maximum Gasteiger partial charge on any atom is 0.422 e. The van der Waals surface area contributed by atoms with E-state index < -0.39 is 12.8 Å². The van der Waals surface area contributed by atoms with Crippen LogP contribution in [0.4, 0.5) is 22.0 Å². The third-order valence-electron chi connectivity index (χ3n) is 6.58. The summed E-state index contributed by atoms with van der Waals surface area (Å²) < 4.78 is 77.0. The van der Waals surface area contributed by atoms with Crippen molar-refractivity contribution in [2.75, 3.05) is 13.2 Å². The van der Waals surface area contributed by atoms with Crippen LogP contribution in [0.25, 0.3) is 10.8 Å². The second kappa shape index (κ2) is 13.0. The summed E-state index contributed by atoms with van der Waals surface area (Å²) in [5, 5.41) is 1.30. The minimum absolute atomic E-state index is 0.139. The molecule has 0 aliphatic heterocycles. The highest BCUT2D eigenvalue weighted by Gasteiger charge is 2.28. The maximum atomic E-state index is 15.2. The molecule has 0 N–H and O–H groups in total. The van der Waals surface area contributed by atoms with Gasteiger partial charge in [0, 0.05) is 11.5 Å². The lowest BCUT2D eigenvalue weighted by Gasteiger charge is -2.11. The molecule has 0 bridgehead atoms. The largest absolute Gasteiger partial charge is 0.493 e. The quantitative estimate of drug-likeness (QED) is 0.132. The fraction of sp³-hybridized carbons (Fsp3) is 0.312. The molecule has 0 heterocycles. The summed E-state index contributed by atoms with van der Waals surface area (Å²) in [6.45, 7) is 1.30. The van der Waals surface area contributed by atoms with Crippen molar-refractivity contribution in [1.82, 2.24) is 0 Å². The fourth-order valence-corrected chi connectivity index (χ4v) is 4.37. The predicted octanol–water partition coefficient (Wildman–Crippen LogP) is 8.81. The first kappa shape index (κ1) is 28.4. The number of benzene rings is 4. The third kappa shape index (κ3) is 8.19. The second-order valence-electron chi connectivity index (χ2n) is 9.60. The fourth-order valence-electron chi connectivity index (χ4n) is 4.37. The van der Waals surface area contributed by atoms with Crippen LogP contribution < -0.4 is 9.47 Å². The number of alkyl halides is 3. The number of rotatable bonds is 12. The first-order valence-corrected chi connectivity index (χ1v) is 13.1. The molecule has 0 aliphatic carbocycles. The Morgan fingerprint density at radius 1 is 0.667 bits per heavy atom. The molecule has 7 heteroatoms. The summed E-state index contributed by atoms with van der Waals surface area (Å²) in [5.41, 5.74) is 3.04. The van der Waals surface area contributed by atoms with Crippen molar-refractivity contribution in [2.45, 2.75) is 51.6 Å². The number of fused-ring (bicyclic) bond motifs is 1. The highest BCUT2D eigenvalue weighted by Crippen LogP contribution is 2.26. The van der Waals surface area contributed by atoms with Gasteiger partial charge in [0.25, 0.3) is 0 Å². The molecule has 2 nitrogen and oxygen atoms in total. The van der Waals surface area contributed by atoms with Gasteiger partial charge in [0.2, 0.25) is 0 Å². The van der Waals surface area contributed by atoms with Gasteiger partial charge in [-0.1, -0.05) is 61.9 Å². The van der Waals surface area contributed by atoms with E-state index in [-0.39, 0.29) is 17.4 Å². The van der Waals surface area contributed by atoms with E-state index in [2.05, 4.69) is 6.92 Å². The van der Waals surface area contributed by atoms with E-state index in [1.165, 1.54) is 18.2 Å². The van der Waals surface area contributed by atoms with Crippen LogP contribution in [0.2, 0.25) is 0 Å². The van der Waals surface area contributed by atoms with Gasteiger partial charge in [0.15, 0.2) is 6.61 Å². The van der Waals surface area contributed by atoms with Crippen LogP contribution in [0.15, 0.2) is 72.8 Å². The van der Waals surface area contributed by atoms with Gasteiger partial charge in [0.1, 0.15) is 23.1 Å². The van der Waals surface area contributed by atoms with E-state index in [1.807, 2.05) is 18.2 Å². The van der Waals surface area contributed by atoms with Gasteiger partial charge < -0.3 is 9.47 Å². The smallest absolute Gasteiger partial charge is 0.422 e. The van der Waals surface area contributed by atoms with Gasteiger partial charge in [-0.15, -0.1) is 0 Å². The molecular formula is C32H31F5O2. The summed E-state index contributed by atoms with van der Waals surface area (Å²) in [7, 11) is 0. The molecule has 0 radical (unpaired) electrons. The van der Waals surface area contributed by atoms with Gasteiger partial charge in [-0.3, -0.25) is 0 Å². The molecule has 0 aromatic heterocycles. The van der Waals surface area contributed by atoms with Gasteiger partial charge in [-0.2, -0.15) is 13.2 Å². The summed E-state index contributed by atoms with van der Waals surface area (Å²) in [6.07, 6.45) is -0.324. The lowest BCUT2D eigenvalue weighted by Crippen LogP contribution is -2.19. The minimum atomic E-state index is -4.39. The van der Waals surface area contributed by atoms with Crippen molar-refractivity contribution >= 4 is 10.8 Å². The Hall–Kier alpha value is -3.61. The van der Waals surface area contributed by atoms with Crippen LogP contribution in [0.1, 0.15) is 42.0 Å². The lowest BCUT2D eigenvalue weighted by molar-refractivity contribution is -0.153. The normalized spacial score (nSPS) is 11.6. The molecule has 4 aromatic carbocycles. The molecule has 0 atom stereocenters. The van der Waals surface area contributed by atoms with Gasteiger partial charge in [0.05, 0.1) is 6.61 Å². The van der Waals surface area contributed by atoms with E-state index in [4.69, 9.17) is 9.47 Å². The highest BCUT2D eigenvalue weighted by atomic mass is 19.4. The number of hydrogen-bond donors (Lipinski definition) is 0. The molecule has 0 saturated heterocycles. The van der Waals surface area contributed by atoms with Crippen molar-refractivity contribution < 1.29 is 31.4 Å². The first-order valence-electron chi connectivity index (χ1n) is 13.1. The van der Waals surface area contributed by atoms with E-state index in [0.29, 0.717) is 54.6 Å².